The SMILES string of the molecule is CC(=O)c1cnc2ccc(-c3cc(C)c(O)c(C#N)c3)nc2c1CC1CCCCC1. The lowest BCUT2D eigenvalue weighted by atomic mass is 9.83. The third-order valence-electron chi connectivity index (χ3n) is 6.13. The molecule has 30 heavy (non-hydrogen) atoms. The molecule has 5 nitrogen and oxygen atoms in total. The van der Waals surface area contributed by atoms with Crippen LogP contribution in [0.25, 0.3) is 22.3 Å². The molecule has 1 fully saturated rings. The lowest BCUT2D eigenvalue weighted by Crippen LogP contribution is -2.13. The number of aromatic hydroxyl groups is 1. The van der Waals surface area contributed by atoms with Gasteiger partial charge in [-0.05, 0) is 61.6 Å². The van der Waals surface area contributed by atoms with Gasteiger partial charge in [0.2, 0.25) is 0 Å². The lowest BCUT2D eigenvalue weighted by Gasteiger charge is -2.23. The molecule has 5 heteroatoms. The van der Waals surface area contributed by atoms with Crippen LogP contribution in [0.5, 0.6) is 5.75 Å². The van der Waals surface area contributed by atoms with Gasteiger partial charge in [0.1, 0.15) is 11.8 Å². The van der Waals surface area contributed by atoms with Gasteiger partial charge in [0.15, 0.2) is 5.78 Å². The summed E-state index contributed by atoms with van der Waals surface area (Å²) < 4.78 is 0. The molecule has 0 saturated heterocycles. The highest BCUT2D eigenvalue weighted by Crippen LogP contribution is 2.33. The fourth-order valence-corrected chi connectivity index (χ4v) is 4.48. The number of carbonyl (C=O) groups is 1. The summed E-state index contributed by atoms with van der Waals surface area (Å²) >= 11 is 0. The standard InChI is InChI=1S/C25H25N3O2/c1-15-10-18(12-19(13-26)25(15)30)22-8-9-23-24(28-22)20(21(14-27-23)16(2)29)11-17-6-4-3-5-7-17/h8-10,12,14,17,30H,3-7,11H2,1-2H3. The van der Waals surface area contributed by atoms with Crippen molar-refractivity contribution < 1.29 is 9.90 Å². The fraction of sp³-hybridized carbons (Fsp3) is 0.360. The Hall–Kier alpha value is -3.26. The van der Waals surface area contributed by atoms with Crippen molar-refractivity contribution >= 4 is 16.8 Å². The number of pyridine rings is 2. The predicted octanol–water partition coefficient (Wildman–Crippen LogP) is 5.51. The molecule has 1 aromatic carbocycles. The van der Waals surface area contributed by atoms with E-state index in [1.54, 1.807) is 26.1 Å². The van der Waals surface area contributed by atoms with Crippen LogP contribution in [-0.2, 0) is 6.42 Å². The molecule has 0 aliphatic heterocycles. The summed E-state index contributed by atoms with van der Waals surface area (Å²) in [7, 11) is 0. The van der Waals surface area contributed by atoms with Gasteiger partial charge in [-0.3, -0.25) is 9.78 Å². The first-order chi connectivity index (χ1) is 14.5. The fourth-order valence-electron chi connectivity index (χ4n) is 4.48. The van der Waals surface area contributed by atoms with E-state index >= 15 is 0 Å². The number of aryl methyl sites for hydroxylation is 1. The number of phenolic OH excluding ortho intramolecular Hbond substituents is 1. The summed E-state index contributed by atoms with van der Waals surface area (Å²) in [5, 5.41) is 19.4. The first kappa shape index (κ1) is 20.0. The third kappa shape index (κ3) is 3.78. The highest BCUT2D eigenvalue weighted by atomic mass is 16.3. The Morgan fingerprint density at radius 1 is 1.23 bits per heavy atom. The zero-order valence-electron chi connectivity index (χ0n) is 17.4. The minimum atomic E-state index is 0.000518. The van der Waals surface area contributed by atoms with Crippen molar-refractivity contribution in [2.75, 3.05) is 0 Å². The van der Waals surface area contributed by atoms with Crippen molar-refractivity contribution in [3.63, 3.8) is 0 Å². The Morgan fingerprint density at radius 3 is 2.70 bits per heavy atom. The van der Waals surface area contributed by atoms with E-state index in [2.05, 4.69) is 4.98 Å². The molecule has 1 N–H and O–H groups in total. The number of benzene rings is 1. The van der Waals surface area contributed by atoms with Crippen LogP contribution in [0, 0.1) is 24.2 Å². The zero-order valence-corrected chi connectivity index (χ0v) is 17.4. The topological polar surface area (TPSA) is 86.9 Å². The maximum atomic E-state index is 12.3. The van der Waals surface area contributed by atoms with Gasteiger partial charge in [0, 0.05) is 17.3 Å². The number of nitrogens with zero attached hydrogens (tertiary/aromatic N) is 3. The average Bonchev–Trinajstić information content (AvgIpc) is 2.76. The number of ketones is 1. The maximum Gasteiger partial charge on any atom is 0.161 e. The quantitative estimate of drug-likeness (QED) is 0.585. The van der Waals surface area contributed by atoms with Crippen LogP contribution < -0.4 is 0 Å². The molecule has 1 aliphatic carbocycles. The molecule has 1 aliphatic rings. The molecule has 2 heterocycles. The first-order valence-corrected chi connectivity index (χ1v) is 10.5. The molecular weight excluding hydrogens is 374 g/mol. The van der Waals surface area contributed by atoms with Gasteiger partial charge in [-0.25, -0.2) is 4.98 Å². The maximum absolute atomic E-state index is 12.3. The van der Waals surface area contributed by atoms with Crippen molar-refractivity contribution in [1.82, 2.24) is 9.97 Å². The highest BCUT2D eigenvalue weighted by molar-refractivity contribution is 5.99. The van der Waals surface area contributed by atoms with Gasteiger partial charge in [0.25, 0.3) is 0 Å². The van der Waals surface area contributed by atoms with Gasteiger partial charge in [-0.1, -0.05) is 32.1 Å². The Balaban J connectivity index is 1.87. The first-order valence-electron chi connectivity index (χ1n) is 10.5. The second-order valence-electron chi connectivity index (χ2n) is 8.28. The molecule has 3 aromatic rings. The van der Waals surface area contributed by atoms with Gasteiger partial charge >= 0.3 is 0 Å². The van der Waals surface area contributed by atoms with Gasteiger partial charge < -0.3 is 5.11 Å². The largest absolute Gasteiger partial charge is 0.506 e. The Labute approximate surface area is 176 Å². The normalized spacial score (nSPS) is 14.6. The Kier molecular flexibility index (Phi) is 5.50. The summed E-state index contributed by atoms with van der Waals surface area (Å²) in [6.07, 6.45) is 8.66. The second kappa shape index (κ2) is 8.23. The van der Waals surface area contributed by atoms with E-state index in [0.29, 0.717) is 22.7 Å². The Morgan fingerprint density at radius 2 is 2.00 bits per heavy atom. The monoisotopic (exact) mass is 399 g/mol. The number of fused-ring (bicyclic) bond motifs is 1. The molecule has 152 valence electrons. The van der Waals surface area contributed by atoms with Crippen LogP contribution in [-0.4, -0.2) is 20.9 Å². The number of hydrogen-bond acceptors (Lipinski definition) is 5. The number of Topliss-reactive ketones (excluding diaryl/α,β-unsaturated/α-hetero) is 1. The summed E-state index contributed by atoms with van der Waals surface area (Å²) in [5.41, 5.74) is 5.49. The summed E-state index contributed by atoms with van der Waals surface area (Å²) in [6.45, 7) is 3.35. The van der Waals surface area contributed by atoms with Crippen LogP contribution in [0.15, 0.2) is 30.5 Å². The van der Waals surface area contributed by atoms with Gasteiger partial charge in [0.05, 0.1) is 22.3 Å². The molecule has 0 radical (unpaired) electrons. The average molecular weight is 399 g/mol. The van der Waals surface area contributed by atoms with E-state index in [9.17, 15) is 15.2 Å². The predicted molar refractivity (Wildman–Crippen MR) is 116 cm³/mol. The molecule has 0 atom stereocenters. The van der Waals surface area contributed by atoms with Gasteiger partial charge in [-0.2, -0.15) is 5.26 Å². The third-order valence-corrected chi connectivity index (χ3v) is 6.13. The molecule has 0 amide bonds. The number of aromatic nitrogens is 2. The number of carbonyl (C=O) groups excluding carboxylic acids is 1. The van der Waals surface area contributed by atoms with Crippen molar-refractivity contribution in [2.24, 2.45) is 5.92 Å². The van der Waals surface area contributed by atoms with Crippen LogP contribution in [0.4, 0.5) is 0 Å². The van der Waals surface area contributed by atoms with Gasteiger partial charge in [-0.15, -0.1) is 0 Å². The minimum Gasteiger partial charge on any atom is -0.506 e. The van der Waals surface area contributed by atoms with E-state index < -0.39 is 0 Å². The summed E-state index contributed by atoms with van der Waals surface area (Å²) in [6, 6.07) is 9.31. The molecule has 1 saturated carbocycles. The van der Waals surface area contributed by atoms with Crippen LogP contribution in [0.3, 0.4) is 0 Å². The second-order valence-corrected chi connectivity index (χ2v) is 8.28. The van der Waals surface area contributed by atoms with Crippen molar-refractivity contribution in [3.05, 3.63) is 52.7 Å². The molecule has 4 rings (SSSR count). The van der Waals surface area contributed by atoms with E-state index in [1.807, 2.05) is 24.3 Å². The van der Waals surface area contributed by atoms with Crippen molar-refractivity contribution in [2.45, 2.75) is 52.4 Å². The van der Waals surface area contributed by atoms with Crippen LogP contribution >= 0.6 is 0 Å². The molecule has 2 aromatic heterocycles. The van der Waals surface area contributed by atoms with Crippen LogP contribution in [0.2, 0.25) is 0 Å². The number of rotatable bonds is 4. The number of nitriles is 1. The molecule has 0 spiro atoms. The van der Waals surface area contributed by atoms with Crippen molar-refractivity contribution in [3.8, 4) is 23.1 Å². The van der Waals surface area contributed by atoms with E-state index in [1.165, 1.54) is 32.1 Å². The Bertz CT molecular complexity index is 1170. The summed E-state index contributed by atoms with van der Waals surface area (Å²) in [4.78, 5) is 21.7. The minimum absolute atomic E-state index is 0.000518. The number of hydrogen-bond donors (Lipinski definition) is 1. The zero-order chi connectivity index (χ0) is 21.3. The number of phenols is 1. The van der Waals surface area contributed by atoms with Crippen molar-refractivity contribution in [1.29, 1.82) is 5.26 Å². The smallest absolute Gasteiger partial charge is 0.161 e. The van der Waals surface area contributed by atoms with E-state index in [-0.39, 0.29) is 17.1 Å². The van der Waals surface area contributed by atoms with E-state index in [0.717, 1.165) is 28.6 Å². The lowest BCUT2D eigenvalue weighted by molar-refractivity contribution is 0.101. The molecule has 0 bridgehead atoms. The highest BCUT2D eigenvalue weighted by Gasteiger charge is 2.21. The summed E-state index contributed by atoms with van der Waals surface area (Å²) in [5.74, 6) is 0.573. The molecular formula is C25H25N3O2. The van der Waals surface area contributed by atoms with E-state index in [4.69, 9.17) is 4.98 Å². The molecule has 0 unspecified atom stereocenters. The van der Waals surface area contributed by atoms with Crippen LogP contribution in [0.1, 0.15) is 66.1 Å².